The van der Waals surface area contributed by atoms with Gasteiger partial charge in [0, 0.05) is 24.8 Å². The largest absolute Gasteiger partial charge is 0.305 e. The fourth-order valence-electron chi connectivity index (χ4n) is 4.30. The molecular weight excluding hydrogens is 1040 g/mol. The molecule has 0 spiro atoms. The van der Waals surface area contributed by atoms with Gasteiger partial charge in [0.15, 0.2) is 0 Å². The summed E-state index contributed by atoms with van der Waals surface area (Å²) >= 11 is 2.94. The molecule has 0 unspecified atom stereocenters. The first-order chi connectivity index (χ1) is 25.9. The van der Waals surface area contributed by atoms with Crippen LogP contribution in [-0.4, -0.2) is 19.9 Å². The zero-order chi connectivity index (χ0) is 36.9. The summed E-state index contributed by atoms with van der Waals surface area (Å²) in [5, 5.41) is 0. The zero-order valence-corrected chi connectivity index (χ0v) is 34.0. The summed E-state index contributed by atoms with van der Waals surface area (Å²) in [7, 11) is 9.28. The standard InChI is InChI=1S/4C11H8N.2ClH.2Ir/c4*1-2-6-10(7-3-1)11-8-4-5-9-12-11;;;;/h4*1-6,8-9H;2*1H;;/q4*-1;;;2*+3/p-2. The molecule has 4 nitrogen and oxygen atoms in total. The molecule has 8 aromatic rings. The second kappa shape index (κ2) is 27.1. The van der Waals surface area contributed by atoms with E-state index in [-0.39, 0.29) is 0 Å². The number of hydrogen-bond donors (Lipinski definition) is 0. The van der Waals surface area contributed by atoms with Gasteiger partial charge < -0.3 is 19.9 Å². The van der Waals surface area contributed by atoms with Crippen molar-refractivity contribution in [3.63, 3.8) is 0 Å². The molecule has 4 aromatic carbocycles. The minimum atomic E-state index is 0.970. The van der Waals surface area contributed by atoms with Crippen LogP contribution in [0.25, 0.3) is 45.0 Å². The van der Waals surface area contributed by atoms with Crippen LogP contribution >= 0.6 is 19.2 Å². The molecule has 0 N–H and O–H groups in total. The molecule has 52 heavy (non-hydrogen) atoms. The summed E-state index contributed by atoms with van der Waals surface area (Å²) in [6, 6.07) is 67.3. The van der Waals surface area contributed by atoms with E-state index in [0.29, 0.717) is 0 Å². The van der Waals surface area contributed by atoms with Crippen molar-refractivity contribution in [2.45, 2.75) is 0 Å². The number of hydrogen-bond acceptors (Lipinski definition) is 4. The van der Waals surface area contributed by atoms with Crippen LogP contribution in [0.5, 0.6) is 0 Å². The zero-order valence-electron chi connectivity index (χ0n) is 27.7. The van der Waals surface area contributed by atoms with Crippen LogP contribution in [0.4, 0.5) is 0 Å². The molecule has 0 radical (unpaired) electrons. The molecule has 0 aliphatic heterocycles. The number of nitrogens with zero attached hydrogens (tertiary/aromatic N) is 4. The number of rotatable bonds is 4. The number of pyridine rings is 4. The van der Waals surface area contributed by atoms with E-state index in [0.717, 1.165) is 45.0 Å². The summed E-state index contributed by atoms with van der Waals surface area (Å²) in [6.45, 7) is 0. The quantitative estimate of drug-likeness (QED) is 0.165. The van der Waals surface area contributed by atoms with E-state index in [1.807, 2.05) is 170 Å². The summed E-state index contributed by atoms with van der Waals surface area (Å²) in [4.78, 5) is 16.9. The van der Waals surface area contributed by atoms with Crippen molar-refractivity contribution in [3.05, 3.63) is 219 Å². The Labute approximate surface area is 336 Å². The van der Waals surface area contributed by atoms with Crippen LogP contribution in [0.15, 0.2) is 195 Å². The Morgan fingerprint density at radius 2 is 0.500 bits per heavy atom. The van der Waals surface area contributed by atoms with Crippen molar-refractivity contribution in [2.75, 3.05) is 0 Å². The smallest absolute Gasteiger partial charge is 0.0160 e. The fourth-order valence-corrected chi connectivity index (χ4v) is 4.30. The monoisotopic (exact) mass is 1070 g/mol. The fraction of sp³-hybridized carbons (Fsp3) is 0. The molecular formula is C44H32Cl2Ir2N4. The summed E-state index contributed by atoms with van der Waals surface area (Å²) in [5.74, 6) is 0. The third-order valence-electron chi connectivity index (χ3n) is 6.60. The number of benzene rings is 4. The van der Waals surface area contributed by atoms with E-state index >= 15 is 0 Å². The van der Waals surface area contributed by atoms with Crippen LogP contribution in [0.3, 0.4) is 0 Å². The van der Waals surface area contributed by atoms with Crippen LogP contribution in [-0.2, 0) is 35.8 Å². The molecule has 0 aliphatic rings. The van der Waals surface area contributed by atoms with Gasteiger partial charge in [0.1, 0.15) is 0 Å². The molecule has 0 aliphatic carbocycles. The Kier molecular flexibility index (Phi) is 21.7. The molecule has 8 heteroatoms. The SMILES string of the molecule is [Cl][Ir+2].[Cl][Ir+2].[c-]1ccccc1-c1ccccn1.[c-]1ccccc1-c1ccccn1.[c-]1ccccc1-c1ccccn1.[c-]1ccccc1-c1ccccn1. The molecule has 0 amide bonds. The molecule has 8 rings (SSSR count). The maximum Gasteiger partial charge on any atom is 0.0160 e. The van der Waals surface area contributed by atoms with Gasteiger partial charge >= 0.3 is 54.9 Å². The number of halogens is 2. The van der Waals surface area contributed by atoms with Crippen LogP contribution in [0, 0.1) is 24.3 Å². The Hall–Kier alpha value is -4.64. The Bertz CT molecular complexity index is 1530. The average molecular weight is 1070 g/mol. The third kappa shape index (κ3) is 15.7. The maximum absolute atomic E-state index is 4.64. The van der Waals surface area contributed by atoms with E-state index in [9.17, 15) is 0 Å². The third-order valence-corrected chi connectivity index (χ3v) is 6.60. The minimum absolute atomic E-state index is 0.970. The summed E-state index contributed by atoms with van der Waals surface area (Å²) in [5.41, 5.74) is 8.04. The molecule has 0 atom stereocenters. The first-order valence-corrected chi connectivity index (χ1v) is 21.6. The summed E-state index contributed by atoms with van der Waals surface area (Å²) in [6.07, 6.45) is 7.15. The molecule has 0 saturated heterocycles. The van der Waals surface area contributed by atoms with Gasteiger partial charge in [0.25, 0.3) is 0 Å². The van der Waals surface area contributed by atoms with Gasteiger partial charge in [0.05, 0.1) is 0 Å². The maximum atomic E-state index is 4.64. The van der Waals surface area contributed by atoms with Crippen molar-refractivity contribution in [1.82, 2.24) is 19.9 Å². The van der Waals surface area contributed by atoms with E-state index in [4.69, 9.17) is 0 Å². The van der Waals surface area contributed by atoms with Crippen LogP contribution in [0.2, 0.25) is 0 Å². The van der Waals surface area contributed by atoms with Gasteiger partial charge in [-0.05, 0) is 47.0 Å². The molecule has 4 aromatic heterocycles. The Morgan fingerprint density at radius 1 is 0.288 bits per heavy atom. The number of aromatic nitrogens is 4. The van der Waals surface area contributed by atoms with Gasteiger partial charge in [0.2, 0.25) is 0 Å². The molecule has 0 saturated carbocycles. The van der Waals surface area contributed by atoms with Gasteiger partial charge in [-0.15, -0.1) is 144 Å². The van der Waals surface area contributed by atoms with Gasteiger partial charge in [-0.2, -0.15) is 0 Å². The average Bonchev–Trinajstić information content (AvgIpc) is 3.28. The first kappa shape index (κ1) is 41.8. The topological polar surface area (TPSA) is 51.6 Å². The van der Waals surface area contributed by atoms with Crippen LogP contribution < -0.4 is 0 Å². The van der Waals surface area contributed by atoms with Crippen molar-refractivity contribution in [2.24, 2.45) is 0 Å². The van der Waals surface area contributed by atoms with E-state index in [2.05, 4.69) is 63.4 Å². The van der Waals surface area contributed by atoms with E-state index in [1.165, 1.54) is 35.8 Å². The summed E-state index contributed by atoms with van der Waals surface area (Å²) < 4.78 is 0. The second-order valence-electron chi connectivity index (χ2n) is 9.96. The van der Waals surface area contributed by atoms with Gasteiger partial charge in [-0.3, -0.25) is 0 Å². The van der Waals surface area contributed by atoms with Crippen molar-refractivity contribution in [1.29, 1.82) is 0 Å². The van der Waals surface area contributed by atoms with Crippen molar-refractivity contribution < 1.29 is 35.8 Å². The van der Waals surface area contributed by atoms with E-state index < -0.39 is 0 Å². The molecule has 0 fully saturated rings. The Balaban J connectivity index is 0.000000181. The minimum Gasteiger partial charge on any atom is -0.305 e. The molecule has 4 heterocycles. The molecule has 0 bridgehead atoms. The molecule has 260 valence electrons. The second-order valence-corrected chi connectivity index (χ2v) is 9.96. The van der Waals surface area contributed by atoms with E-state index in [1.54, 1.807) is 24.8 Å². The first-order valence-electron chi connectivity index (χ1n) is 15.6. The Morgan fingerprint density at radius 3 is 0.654 bits per heavy atom. The van der Waals surface area contributed by atoms with Crippen LogP contribution in [0.1, 0.15) is 0 Å². The predicted octanol–water partition coefficient (Wildman–Crippen LogP) is 11.6. The van der Waals surface area contributed by atoms with Crippen molar-refractivity contribution >= 4 is 19.2 Å². The normalized spacial score (nSPS) is 9.15. The predicted molar refractivity (Wildman–Crippen MR) is 206 cm³/mol. The van der Waals surface area contributed by atoms with Crippen molar-refractivity contribution in [3.8, 4) is 45.0 Å². The van der Waals surface area contributed by atoms with Gasteiger partial charge in [-0.1, -0.05) is 48.5 Å². The van der Waals surface area contributed by atoms with Gasteiger partial charge in [-0.25, -0.2) is 0 Å².